The number of aromatic nitrogens is 1. The van der Waals surface area contributed by atoms with Crippen LogP contribution in [0.3, 0.4) is 0 Å². The fourth-order valence-electron chi connectivity index (χ4n) is 3.35. The number of amides is 1. The number of piperazine rings is 1. The lowest BCUT2D eigenvalue weighted by Crippen LogP contribution is -2.49. The van der Waals surface area contributed by atoms with Crippen molar-refractivity contribution in [1.82, 2.24) is 20.5 Å². The fraction of sp³-hybridized carbons (Fsp3) is 0.429. The summed E-state index contributed by atoms with van der Waals surface area (Å²) >= 11 is 0. The first kappa shape index (κ1) is 19.5. The van der Waals surface area contributed by atoms with E-state index in [1.165, 1.54) is 0 Å². The molecule has 27 heavy (non-hydrogen) atoms. The summed E-state index contributed by atoms with van der Waals surface area (Å²) in [5.74, 6) is 0.0389. The van der Waals surface area contributed by atoms with E-state index in [-0.39, 0.29) is 11.9 Å². The minimum absolute atomic E-state index is 0.0389. The van der Waals surface area contributed by atoms with Crippen molar-refractivity contribution in [2.45, 2.75) is 26.1 Å². The quantitative estimate of drug-likeness (QED) is 0.745. The van der Waals surface area contributed by atoms with E-state index < -0.39 is 0 Å². The Labute approximate surface area is 160 Å². The Hall–Kier alpha value is -2.28. The minimum Gasteiger partial charge on any atom is -0.377 e. The number of nitrogens with one attached hydrogen (secondary N) is 2. The highest BCUT2D eigenvalue weighted by molar-refractivity contribution is 5.78. The predicted octanol–water partition coefficient (Wildman–Crippen LogP) is 1.88. The molecule has 1 aliphatic heterocycles. The number of hydrogen-bond acceptors (Lipinski definition) is 5. The first-order valence-corrected chi connectivity index (χ1v) is 9.54. The second kappa shape index (κ2) is 10.2. The van der Waals surface area contributed by atoms with Gasteiger partial charge < -0.3 is 15.4 Å². The minimum atomic E-state index is 0.0389. The van der Waals surface area contributed by atoms with Crippen LogP contribution in [0.25, 0.3) is 0 Å². The standard InChI is InChI=1S/C21H28N4O2/c1-2-27-16-19-7-4-3-6-17(19)13-24-21(26)15-25-11-10-23-14-20(25)18-8-5-9-22-12-18/h3-9,12,20,23H,2,10-11,13-16H2,1H3,(H,24,26). The van der Waals surface area contributed by atoms with E-state index in [1.807, 2.05) is 43.5 Å². The normalized spacial score (nSPS) is 17.6. The average molecular weight is 368 g/mol. The number of nitrogens with zero attached hydrogens (tertiary/aromatic N) is 2. The summed E-state index contributed by atoms with van der Waals surface area (Å²) in [6.07, 6.45) is 3.66. The molecule has 1 fully saturated rings. The molecule has 0 spiro atoms. The van der Waals surface area contributed by atoms with Gasteiger partial charge in [-0.3, -0.25) is 14.7 Å². The van der Waals surface area contributed by atoms with Gasteiger partial charge in [-0.15, -0.1) is 0 Å². The molecular formula is C21H28N4O2. The Bertz CT molecular complexity index is 723. The van der Waals surface area contributed by atoms with Crippen LogP contribution in [0, 0.1) is 0 Å². The van der Waals surface area contributed by atoms with Crippen molar-refractivity contribution in [3.63, 3.8) is 0 Å². The third-order valence-electron chi connectivity index (χ3n) is 4.83. The maximum atomic E-state index is 12.6. The predicted molar refractivity (Wildman–Crippen MR) is 105 cm³/mol. The van der Waals surface area contributed by atoms with E-state index in [0.717, 1.165) is 36.3 Å². The molecule has 1 unspecified atom stereocenters. The molecule has 1 aliphatic rings. The van der Waals surface area contributed by atoms with Crippen LogP contribution in [0.4, 0.5) is 0 Å². The van der Waals surface area contributed by atoms with Crippen LogP contribution in [0.5, 0.6) is 0 Å². The molecule has 0 saturated carbocycles. The first-order valence-electron chi connectivity index (χ1n) is 9.54. The molecule has 0 bridgehead atoms. The van der Waals surface area contributed by atoms with Crippen LogP contribution in [-0.4, -0.2) is 48.6 Å². The van der Waals surface area contributed by atoms with Gasteiger partial charge in [0.25, 0.3) is 0 Å². The average Bonchev–Trinajstić information content (AvgIpc) is 2.72. The summed E-state index contributed by atoms with van der Waals surface area (Å²) in [4.78, 5) is 19.0. The van der Waals surface area contributed by atoms with E-state index >= 15 is 0 Å². The summed E-state index contributed by atoms with van der Waals surface area (Å²) in [7, 11) is 0. The Morgan fingerprint density at radius 1 is 1.30 bits per heavy atom. The zero-order valence-corrected chi connectivity index (χ0v) is 15.9. The van der Waals surface area contributed by atoms with Gasteiger partial charge in [0.1, 0.15) is 0 Å². The van der Waals surface area contributed by atoms with Crippen molar-refractivity contribution in [1.29, 1.82) is 0 Å². The van der Waals surface area contributed by atoms with Gasteiger partial charge in [-0.2, -0.15) is 0 Å². The topological polar surface area (TPSA) is 66.5 Å². The zero-order valence-electron chi connectivity index (χ0n) is 15.9. The van der Waals surface area contributed by atoms with Crippen molar-refractivity contribution in [3.05, 3.63) is 65.5 Å². The van der Waals surface area contributed by atoms with E-state index in [1.54, 1.807) is 6.20 Å². The second-order valence-corrected chi connectivity index (χ2v) is 6.66. The summed E-state index contributed by atoms with van der Waals surface area (Å²) in [5, 5.41) is 6.47. The van der Waals surface area contributed by atoms with Crippen LogP contribution >= 0.6 is 0 Å². The maximum absolute atomic E-state index is 12.6. The van der Waals surface area contributed by atoms with Gasteiger partial charge in [0.05, 0.1) is 13.2 Å². The molecule has 2 aromatic rings. The molecule has 1 amide bonds. The van der Waals surface area contributed by atoms with Crippen LogP contribution in [0.1, 0.15) is 29.7 Å². The van der Waals surface area contributed by atoms with Crippen molar-refractivity contribution in [2.24, 2.45) is 0 Å². The van der Waals surface area contributed by atoms with E-state index in [4.69, 9.17) is 4.74 Å². The SMILES string of the molecule is CCOCc1ccccc1CNC(=O)CN1CCNCC1c1cccnc1. The van der Waals surface area contributed by atoms with Gasteiger partial charge in [0, 0.05) is 51.2 Å². The Kier molecular flexibility index (Phi) is 7.33. The van der Waals surface area contributed by atoms with Gasteiger partial charge in [0.15, 0.2) is 0 Å². The molecule has 1 aromatic heterocycles. The molecule has 1 atom stereocenters. The van der Waals surface area contributed by atoms with Gasteiger partial charge in [-0.25, -0.2) is 0 Å². The first-order chi connectivity index (χ1) is 13.3. The lowest BCUT2D eigenvalue weighted by Gasteiger charge is -2.35. The zero-order chi connectivity index (χ0) is 18.9. The second-order valence-electron chi connectivity index (χ2n) is 6.66. The van der Waals surface area contributed by atoms with Crippen molar-refractivity contribution < 1.29 is 9.53 Å². The van der Waals surface area contributed by atoms with E-state index in [0.29, 0.717) is 26.3 Å². The number of ether oxygens (including phenoxy) is 1. The molecule has 2 heterocycles. The van der Waals surface area contributed by atoms with Gasteiger partial charge in [-0.05, 0) is 29.7 Å². The Morgan fingerprint density at radius 2 is 2.15 bits per heavy atom. The van der Waals surface area contributed by atoms with Crippen molar-refractivity contribution in [3.8, 4) is 0 Å². The van der Waals surface area contributed by atoms with Crippen LogP contribution in [0.2, 0.25) is 0 Å². The highest BCUT2D eigenvalue weighted by atomic mass is 16.5. The van der Waals surface area contributed by atoms with Gasteiger partial charge in [0.2, 0.25) is 5.91 Å². The molecule has 3 rings (SSSR count). The third-order valence-corrected chi connectivity index (χ3v) is 4.83. The van der Waals surface area contributed by atoms with Gasteiger partial charge in [-0.1, -0.05) is 30.3 Å². The van der Waals surface area contributed by atoms with Gasteiger partial charge >= 0.3 is 0 Å². The molecular weight excluding hydrogens is 340 g/mol. The van der Waals surface area contributed by atoms with Crippen LogP contribution in [-0.2, 0) is 22.7 Å². The number of rotatable bonds is 8. The largest absolute Gasteiger partial charge is 0.377 e. The third kappa shape index (κ3) is 5.60. The van der Waals surface area contributed by atoms with Crippen molar-refractivity contribution in [2.75, 3.05) is 32.8 Å². The number of pyridine rings is 1. The Morgan fingerprint density at radius 3 is 2.93 bits per heavy atom. The monoisotopic (exact) mass is 368 g/mol. The summed E-state index contributed by atoms with van der Waals surface area (Å²) in [6.45, 7) is 6.70. The highest BCUT2D eigenvalue weighted by Gasteiger charge is 2.25. The fourth-order valence-corrected chi connectivity index (χ4v) is 3.35. The maximum Gasteiger partial charge on any atom is 0.234 e. The lowest BCUT2D eigenvalue weighted by atomic mass is 10.1. The smallest absolute Gasteiger partial charge is 0.234 e. The summed E-state index contributed by atoms with van der Waals surface area (Å²) in [5.41, 5.74) is 3.36. The van der Waals surface area contributed by atoms with Crippen LogP contribution in [0.15, 0.2) is 48.8 Å². The highest BCUT2D eigenvalue weighted by Crippen LogP contribution is 2.20. The Balaban J connectivity index is 1.57. The summed E-state index contributed by atoms with van der Waals surface area (Å²) < 4.78 is 5.52. The number of carbonyl (C=O) groups is 1. The van der Waals surface area contributed by atoms with Crippen molar-refractivity contribution >= 4 is 5.91 Å². The van der Waals surface area contributed by atoms with E-state index in [9.17, 15) is 4.79 Å². The molecule has 6 nitrogen and oxygen atoms in total. The van der Waals surface area contributed by atoms with E-state index in [2.05, 4.69) is 26.6 Å². The number of carbonyl (C=O) groups excluding carboxylic acids is 1. The molecule has 1 aromatic carbocycles. The molecule has 1 saturated heterocycles. The van der Waals surface area contributed by atoms with Crippen LogP contribution < -0.4 is 10.6 Å². The lowest BCUT2D eigenvalue weighted by molar-refractivity contribution is -0.123. The molecule has 6 heteroatoms. The molecule has 0 aliphatic carbocycles. The molecule has 0 radical (unpaired) electrons. The summed E-state index contributed by atoms with van der Waals surface area (Å²) in [6, 6.07) is 12.3. The molecule has 144 valence electrons. The molecule has 2 N–H and O–H groups in total. The number of hydrogen-bond donors (Lipinski definition) is 2. The number of benzene rings is 1.